The molecule has 0 aromatic heterocycles. The SMILES string of the molecule is CN(C(=N)N(C)c1ccc2cccc3c2c1CC3)c1ccc(C2CCCCC2)cc1. The van der Waals surface area contributed by atoms with Crippen molar-refractivity contribution in [2.45, 2.75) is 50.9 Å². The molecule has 1 saturated carbocycles. The third kappa shape index (κ3) is 3.27. The van der Waals surface area contributed by atoms with E-state index in [9.17, 15) is 0 Å². The third-order valence-corrected chi connectivity index (χ3v) is 7.21. The summed E-state index contributed by atoms with van der Waals surface area (Å²) in [5.74, 6) is 1.22. The van der Waals surface area contributed by atoms with Crippen molar-refractivity contribution in [3.63, 3.8) is 0 Å². The van der Waals surface area contributed by atoms with E-state index < -0.39 is 0 Å². The maximum absolute atomic E-state index is 8.87. The van der Waals surface area contributed by atoms with E-state index in [-0.39, 0.29) is 0 Å². The number of aryl methyl sites for hydroxylation is 2. The molecular weight excluding hydrogens is 366 g/mol. The van der Waals surface area contributed by atoms with E-state index in [1.807, 2.05) is 23.9 Å². The molecule has 3 aromatic carbocycles. The number of anilines is 2. The standard InChI is InChI=1S/C27H31N3/c1-29(23-15-11-20(12-16-23)19-7-4-3-5-8-19)27(28)30(2)25-18-14-22-10-6-9-21-13-17-24(25)26(21)22/h6,9-12,14-16,18-19,28H,3-5,7-8,13,17H2,1-2H3. The summed E-state index contributed by atoms with van der Waals surface area (Å²) in [4.78, 5) is 4.02. The molecule has 0 unspecified atom stereocenters. The zero-order chi connectivity index (χ0) is 20.7. The summed E-state index contributed by atoms with van der Waals surface area (Å²) in [5.41, 5.74) is 6.52. The van der Waals surface area contributed by atoms with Gasteiger partial charge < -0.3 is 9.80 Å². The summed E-state index contributed by atoms with van der Waals surface area (Å²) in [7, 11) is 4.02. The molecule has 0 spiro atoms. The molecule has 0 amide bonds. The lowest BCUT2D eigenvalue weighted by Gasteiger charge is -2.30. The molecule has 0 atom stereocenters. The molecule has 0 aliphatic heterocycles. The predicted octanol–water partition coefficient (Wildman–Crippen LogP) is 6.49. The smallest absolute Gasteiger partial charge is 0.202 e. The molecule has 30 heavy (non-hydrogen) atoms. The van der Waals surface area contributed by atoms with E-state index in [0.717, 1.165) is 30.1 Å². The Labute approximate surface area is 179 Å². The lowest BCUT2D eigenvalue weighted by Crippen LogP contribution is -2.40. The van der Waals surface area contributed by atoms with Crippen molar-refractivity contribution in [3.8, 4) is 0 Å². The van der Waals surface area contributed by atoms with E-state index in [1.54, 1.807) is 0 Å². The first kappa shape index (κ1) is 19.2. The van der Waals surface area contributed by atoms with Gasteiger partial charge in [0.25, 0.3) is 0 Å². The molecule has 5 rings (SSSR count). The van der Waals surface area contributed by atoms with Crippen LogP contribution in [0.5, 0.6) is 0 Å². The highest BCUT2D eigenvalue weighted by Crippen LogP contribution is 2.37. The zero-order valence-corrected chi connectivity index (χ0v) is 18.1. The number of guanidine groups is 1. The molecule has 1 fully saturated rings. The minimum atomic E-state index is 0.500. The van der Waals surface area contributed by atoms with Crippen LogP contribution < -0.4 is 9.80 Å². The van der Waals surface area contributed by atoms with Crippen molar-refractivity contribution < 1.29 is 0 Å². The lowest BCUT2D eigenvalue weighted by atomic mass is 9.84. The minimum Gasteiger partial charge on any atom is -0.316 e. The number of rotatable bonds is 3. The van der Waals surface area contributed by atoms with Gasteiger partial charge in [-0.25, -0.2) is 0 Å². The summed E-state index contributed by atoms with van der Waals surface area (Å²) < 4.78 is 0. The Hall–Kier alpha value is -2.81. The Bertz CT molecular complexity index is 1080. The van der Waals surface area contributed by atoms with Crippen LogP contribution in [0.15, 0.2) is 54.6 Å². The van der Waals surface area contributed by atoms with Gasteiger partial charge >= 0.3 is 0 Å². The largest absolute Gasteiger partial charge is 0.316 e. The third-order valence-electron chi connectivity index (χ3n) is 7.21. The number of hydrogen-bond acceptors (Lipinski definition) is 1. The Morgan fingerprint density at radius 3 is 2.37 bits per heavy atom. The van der Waals surface area contributed by atoms with Gasteiger partial charge in [0.2, 0.25) is 5.96 Å². The Kier molecular flexibility index (Phi) is 4.98. The summed E-state index contributed by atoms with van der Waals surface area (Å²) in [6, 6.07) is 19.9. The molecule has 0 radical (unpaired) electrons. The van der Waals surface area contributed by atoms with Crippen LogP contribution in [0.25, 0.3) is 10.8 Å². The van der Waals surface area contributed by atoms with Crippen LogP contribution in [0.3, 0.4) is 0 Å². The molecule has 3 aromatic rings. The number of hydrogen-bond donors (Lipinski definition) is 1. The monoisotopic (exact) mass is 397 g/mol. The fourth-order valence-corrected chi connectivity index (χ4v) is 5.43. The van der Waals surface area contributed by atoms with Gasteiger partial charge in [-0.3, -0.25) is 5.41 Å². The highest BCUT2D eigenvalue weighted by atomic mass is 15.3. The van der Waals surface area contributed by atoms with Crippen LogP contribution in [-0.2, 0) is 12.8 Å². The van der Waals surface area contributed by atoms with Crippen LogP contribution in [0, 0.1) is 5.41 Å². The summed E-state index contributed by atoms with van der Waals surface area (Å²) >= 11 is 0. The van der Waals surface area contributed by atoms with Crippen LogP contribution in [0.4, 0.5) is 11.4 Å². The van der Waals surface area contributed by atoms with Crippen molar-refractivity contribution in [1.82, 2.24) is 0 Å². The van der Waals surface area contributed by atoms with Crippen molar-refractivity contribution in [2.24, 2.45) is 0 Å². The average molecular weight is 398 g/mol. The van der Waals surface area contributed by atoms with Gasteiger partial charge in [0, 0.05) is 25.5 Å². The van der Waals surface area contributed by atoms with Crippen molar-refractivity contribution in [1.29, 1.82) is 5.41 Å². The van der Waals surface area contributed by atoms with E-state index in [0.29, 0.717) is 5.96 Å². The van der Waals surface area contributed by atoms with Gasteiger partial charge in [0.15, 0.2) is 0 Å². The van der Waals surface area contributed by atoms with Crippen molar-refractivity contribution >= 4 is 28.1 Å². The fourth-order valence-electron chi connectivity index (χ4n) is 5.43. The first-order valence-corrected chi connectivity index (χ1v) is 11.3. The molecule has 3 nitrogen and oxygen atoms in total. The van der Waals surface area contributed by atoms with Crippen LogP contribution in [-0.4, -0.2) is 20.1 Å². The van der Waals surface area contributed by atoms with Crippen LogP contribution in [0.2, 0.25) is 0 Å². The van der Waals surface area contributed by atoms with Gasteiger partial charge in [-0.05, 0) is 77.3 Å². The maximum atomic E-state index is 8.87. The quantitative estimate of drug-likeness (QED) is 0.404. The second kappa shape index (κ2) is 7.79. The average Bonchev–Trinajstić information content (AvgIpc) is 3.24. The predicted molar refractivity (Wildman–Crippen MR) is 128 cm³/mol. The highest BCUT2D eigenvalue weighted by molar-refractivity contribution is 6.07. The Morgan fingerprint density at radius 2 is 1.60 bits per heavy atom. The molecule has 0 bridgehead atoms. The van der Waals surface area contributed by atoms with E-state index in [4.69, 9.17) is 5.41 Å². The van der Waals surface area contributed by atoms with E-state index in [2.05, 4.69) is 54.6 Å². The molecule has 0 heterocycles. The normalized spacial score (nSPS) is 16.1. The van der Waals surface area contributed by atoms with Crippen LogP contribution in [0.1, 0.15) is 54.7 Å². The van der Waals surface area contributed by atoms with Crippen LogP contribution >= 0.6 is 0 Å². The lowest BCUT2D eigenvalue weighted by molar-refractivity contribution is 0.443. The molecule has 3 heteroatoms. The van der Waals surface area contributed by atoms with E-state index in [1.165, 1.54) is 59.6 Å². The number of nitrogens with zero attached hydrogens (tertiary/aromatic N) is 2. The van der Waals surface area contributed by atoms with Gasteiger partial charge in [-0.1, -0.05) is 55.7 Å². The minimum absolute atomic E-state index is 0.500. The Balaban J connectivity index is 1.38. The Morgan fingerprint density at radius 1 is 0.833 bits per heavy atom. The topological polar surface area (TPSA) is 30.3 Å². The fraction of sp³-hybridized carbons (Fsp3) is 0.370. The summed E-state index contributed by atoms with van der Waals surface area (Å²) in [6.45, 7) is 0. The summed E-state index contributed by atoms with van der Waals surface area (Å²) in [6.07, 6.45) is 8.90. The molecule has 154 valence electrons. The molecular formula is C27H31N3. The van der Waals surface area contributed by atoms with E-state index >= 15 is 0 Å². The van der Waals surface area contributed by atoms with Crippen molar-refractivity contribution in [3.05, 3.63) is 71.3 Å². The first-order chi connectivity index (χ1) is 14.6. The van der Waals surface area contributed by atoms with Crippen molar-refractivity contribution in [2.75, 3.05) is 23.9 Å². The molecule has 2 aliphatic rings. The second-order valence-electron chi connectivity index (χ2n) is 8.95. The highest BCUT2D eigenvalue weighted by Gasteiger charge is 2.22. The molecule has 0 saturated heterocycles. The number of nitrogens with one attached hydrogen (secondary N) is 1. The van der Waals surface area contributed by atoms with Gasteiger partial charge in [-0.15, -0.1) is 0 Å². The molecule has 2 aliphatic carbocycles. The summed E-state index contributed by atoms with van der Waals surface area (Å²) in [5, 5.41) is 11.6. The van der Waals surface area contributed by atoms with Gasteiger partial charge in [0.05, 0.1) is 0 Å². The first-order valence-electron chi connectivity index (χ1n) is 11.3. The second-order valence-corrected chi connectivity index (χ2v) is 8.95. The number of benzene rings is 3. The van der Waals surface area contributed by atoms with Gasteiger partial charge in [-0.2, -0.15) is 0 Å². The zero-order valence-electron chi connectivity index (χ0n) is 18.1. The van der Waals surface area contributed by atoms with Gasteiger partial charge in [0.1, 0.15) is 0 Å². The maximum Gasteiger partial charge on any atom is 0.202 e. The molecule has 1 N–H and O–H groups in total.